The molecule has 2 rings (SSSR count). The number of ether oxygens (including phenoxy) is 1. The highest BCUT2D eigenvalue weighted by Gasteiger charge is 2.08. The van der Waals surface area contributed by atoms with Gasteiger partial charge >= 0.3 is 0 Å². The molecule has 6 heteroatoms. The van der Waals surface area contributed by atoms with Crippen LogP contribution in [0.2, 0.25) is 0 Å². The zero-order chi connectivity index (χ0) is 12.1. The molecule has 1 aromatic heterocycles. The quantitative estimate of drug-likeness (QED) is 0.852. The molecule has 1 N–H and O–H groups in total. The van der Waals surface area contributed by atoms with E-state index in [2.05, 4.69) is 20.3 Å². The van der Waals surface area contributed by atoms with Crippen LogP contribution in [-0.4, -0.2) is 23.3 Å². The Labute approximate surface area is 97.5 Å². The average molecular weight is 233 g/mol. The van der Waals surface area contributed by atoms with Crippen molar-refractivity contribution >= 4 is 5.91 Å². The molecule has 6 nitrogen and oxygen atoms in total. The minimum absolute atomic E-state index is 0.165. The van der Waals surface area contributed by atoms with Crippen LogP contribution in [0.3, 0.4) is 0 Å². The van der Waals surface area contributed by atoms with E-state index in [4.69, 9.17) is 4.74 Å². The van der Waals surface area contributed by atoms with Crippen molar-refractivity contribution in [3.8, 4) is 5.75 Å². The van der Waals surface area contributed by atoms with Gasteiger partial charge in [-0.15, -0.1) is 0 Å². The third-order valence-electron chi connectivity index (χ3n) is 2.21. The van der Waals surface area contributed by atoms with E-state index in [1.807, 2.05) is 24.3 Å². The number of nitrogens with zero attached hydrogens (tertiary/aromatic N) is 2. The molecule has 0 fully saturated rings. The summed E-state index contributed by atoms with van der Waals surface area (Å²) >= 11 is 0. The van der Waals surface area contributed by atoms with Crippen molar-refractivity contribution in [1.82, 2.24) is 15.6 Å². The van der Waals surface area contributed by atoms with Crippen molar-refractivity contribution in [2.24, 2.45) is 0 Å². The van der Waals surface area contributed by atoms with E-state index in [1.54, 1.807) is 7.11 Å². The van der Waals surface area contributed by atoms with E-state index in [9.17, 15) is 4.79 Å². The van der Waals surface area contributed by atoms with Crippen molar-refractivity contribution < 1.29 is 14.2 Å². The average Bonchev–Trinajstić information content (AvgIpc) is 2.90. The van der Waals surface area contributed by atoms with Gasteiger partial charge in [-0.1, -0.05) is 17.3 Å². The lowest BCUT2D eigenvalue weighted by molar-refractivity contribution is 0.0941. The van der Waals surface area contributed by atoms with E-state index in [1.165, 1.54) is 6.20 Å². The van der Waals surface area contributed by atoms with Gasteiger partial charge in [0.2, 0.25) is 0 Å². The largest absolute Gasteiger partial charge is 0.497 e. The second-order valence-electron chi connectivity index (χ2n) is 3.32. The molecule has 1 aromatic carbocycles. The fourth-order valence-corrected chi connectivity index (χ4v) is 1.28. The third kappa shape index (κ3) is 2.81. The maximum atomic E-state index is 11.5. The van der Waals surface area contributed by atoms with Gasteiger partial charge < -0.3 is 10.1 Å². The Balaban J connectivity index is 1.91. The topological polar surface area (TPSA) is 77.2 Å². The number of aromatic nitrogens is 2. The van der Waals surface area contributed by atoms with Gasteiger partial charge in [0.15, 0.2) is 5.69 Å². The summed E-state index contributed by atoms with van der Waals surface area (Å²) in [5, 5.41) is 9.49. The number of methoxy groups -OCH3 is 1. The molecule has 0 radical (unpaired) electrons. The van der Waals surface area contributed by atoms with Gasteiger partial charge in [-0.3, -0.25) is 4.79 Å². The van der Waals surface area contributed by atoms with Gasteiger partial charge in [0.1, 0.15) is 11.9 Å². The van der Waals surface area contributed by atoms with Gasteiger partial charge in [-0.2, -0.15) is 0 Å². The van der Waals surface area contributed by atoms with Crippen LogP contribution < -0.4 is 10.1 Å². The molecule has 0 bridgehead atoms. The van der Waals surface area contributed by atoms with E-state index in [0.717, 1.165) is 11.3 Å². The second kappa shape index (κ2) is 5.11. The highest BCUT2D eigenvalue weighted by molar-refractivity contribution is 5.91. The van der Waals surface area contributed by atoms with E-state index < -0.39 is 0 Å². The van der Waals surface area contributed by atoms with Crippen molar-refractivity contribution in [3.63, 3.8) is 0 Å². The molecule has 0 aliphatic carbocycles. The first-order valence-corrected chi connectivity index (χ1v) is 4.98. The number of hydrogen-bond acceptors (Lipinski definition) is 5. The predicted molar refractivity (Wildman–Crippen MR) is 58.5 cm³/mol. The standard InChI is InChI=1S/C11H11N3O3/c1-16-9-4-2-8(3-5-9)6-12-11(15)10-7-13-17-14-10/h2-5,7H,6H2,1H3,(H,12,15). The Morgan fingerprint density at radius 3 is 2.76 bits per heavy atom. The molecular formula is C11H11N3O3. The SMILES string of the molecule is COc1ccc(CNC(=O)c2cnon2)cc1. The lowest BCUT2D eigenvalue weighted by Gasteiger charge is -2.04. The summed E-state index contributed by atoms with van der Waals surface area (Å²) in [7, 11) is 1.61. The van der Waals surface area contributed by atoms with Crippen molar-refractivity contribution in [3.05, 3.63) is 41.7 Å². The van der Waals surface area contributed by atoms with Crippen LogP contribution in [-0.2, 0) is 6.54 Å². The Morgan fingerprint density at radius 1 is 1.41 bits per heavy atom. The number of benzene rings is 1. The van der Waals surface area contributed by atoms with Crippen LogP contribution in [0.25, 0.3) is 0 Å². The number of hydrogen-bond donors (Lipinski definition) is 1. The predicted octanol–water partition coefficient (Wildman–Crippen LogP) is 1.01. The van der Waals surface area contributed by atoms with Gasteiger partial charge in [0, 0.05) is 6.54 Å². The summed E-state index contributed by atoms with van der Waals surface area (Å²) < 4.78 is 9.38. The summed E-state index contributed by atoms with van der Waals surface area (Å²) in [5.41, 5.74) is 1.13. The summed E-state index contributed by atoms with van der Waals surface area (Å²) in [4.78, 5) is 11.5. The Kier molecular flexibility index (Phi) is 3.34. The number of amides is 1. The van der Waals surface area contributed by atoms with E-state index >= 15 is 0 Å². The zero-order valence-corrected chi connectivity index (χ0v) is 9.21. The summed E-state index contributed by atoms with van der Waals surface area (Å²) in [5.74, 6) is 0.461. The summed E-state index contributed by atoms with van der Waals surface area (Å²) in [6.07, 6.45) is 1.27. The minimum atomic E-state index is -0.318. The minimum Gasteiger partial charge on any atom is -0.497 e. The van der Waals surface area contributed by atoms with Crippen molar-refractivity contribution in [1.29, 1.82) is 0 Å². The van der Waals surface area contributed by atoms with Gasteiger partial charge in [0.05, 0.1) is 7.11 Å². The van der Waals surface area contributed by atoms with Crippen LogP contribution >= 0.6 is 0 Å². The monoisotopic (exact) mass is 233 g/mol. The third-order valence-corrected chi connectivity index (χ3v) is 2.21. The fraction of sp³-hybridized carbons (Fsp3) is 0.182. The van der Waals surface area contributed by atoms with Crippen molar-refractivity contribution in [2.45, 2.75) is 6.54 Å². The molecule has 0 spiro atoms. The molecule has 0 saturated heterocycles. The normalized spacial score (nSPS) is 9.94. The van der Waals surface area contributed by atoms with Crippen LogP contribution in [0, 0.1) is 0 Å². The molecule has 17 heavy (non-hydrogen) atoms. The molecular weight excluding hydrogens is 222 g/mol. The summed E-state index contributed by atoms with van der Waals surface area (Å²) in [6.45, 7) is 0.412. The first kappa shape index (κ1) is 11.1. The Morgan fingerprint density at radius 2 is 2.18 bits per heavy atom. The molecule has 1 heterocycles. The first-order valence-electron chi connectivity index (χ1n) is 4.98. The van der Waals surface area contributed by atoms with Gasteiger partial charge in [-0.05, 0) is 22.9 Å². The number of carbonyl (C=O) groups is 1. The maximum Gasteiger partial charge on any atom is 0.275 e. The van der Waals surface area contributed by atoms with Crippen LogP contribution in [0.15, 0.2) is 35.1 Å². The fourth-order valence-electron chi connectivity index (χ4n) is 1.28. The molecule has 1 amide bonds. The Bertz CT molecular complexity index is 479. The van der Waals surface area contributed by atoms with Crippen LogP contribution in [0.1, 0.15) is 16.1 Å². The van der Waals surface area contributed by atoms with Gasteiger partial charge in [-0.25, -0.2) is 4.63 Å². The molecule has 0 saturated carbocycles. The van der Waals surface area contributed by atoms with Gasteiger partial charge in [0.25, 0.3) is 5.91 Å². The van der Waals surface area contributed by atoms with E-state index in [-0.39, 0.29) is 11.6 Å². The molecule has 0 aliphatic heterocycles. The highest BCUT2D eigenvalue weighted by atomic mass is 16.6. The Hall–Kier alpha value is -2.37. The highest BCUT2D eigenvalue weighted by Crippen LogP contribution is 2.10. The lowest BCUT2D eigenvalue weighted by atomic mass is 10.2. The van der Waals surface area contributed by atoms with Crippen LogP contribution in [0.5, 0.6) is 5.75 Å². The van der Waals surface area contributed by atoms with Crippen molar-refractivity contribution in [2.75, 3.05) is 7.11 Å². The molecule has 88 valence electrons. The molecule has 0 atom stereocenters. The van der Waals surface area contributed by atoms with E-state index in [0.29, 0.717) is 6.54 Å². The molecule has 0 aliphatic rings. The maximum absolute atomic E-state index is 11.5. The lowest BCUT2D eigenvalue weighted by Crippen LogP contribution is -2.22. The smallest absolute Gasteiger partial charge is 0.275 e. The first-order chi connectivity index (χ1) is 8.29. The molecule has 2 aromatic rings. The van der Waals surface area contributed by atoms with Crippen LogP contribution in [0.4, 0.5) is 0 Å². The zero-order valence-electron chi connectivity index (χ0n) is 9.21. The number of carbonyl (C=O) groups excluding carboxylic acids is 1. The number of nitrogens with one attached hydrogen (secondary N) is 1. The number of rotatable bonds is 4. The summed E-state index contributed by atoms with van der Waals surface area (Å²) in [6, 6.07) is 7.42. The second-order valence-corrected chi connectivity index (χ2v) is 3.32. The molecule has 0 unspecified atom stereocenters.